The Morgan fingerprint density at radius 3 is 2.48 bits per heavy atom. The molecule has 8 nitrogen and oxygen atoms in total. The number of amides is 2. The Morgan fingerprint density at radius 1 is 1.12 bits per heavy atom. The normalized spacial score (nSPS) is 14.6. The average Bonchev–Trinajstić information content (AvgIpc) is 3.31. The number of carbonyl (C=O) groups is 2. The Morgan fingerprint density at radius 2 is 1.82 bits per heavy atom. The van der Waals surface area contributed by atoms with Crippen LogP contribution >= 0.6 is 0 Å². The molecule has 1 saturated heterocycles. The highest BCUT2D eigenvalue weighted by Gasteiger charge is 2.21. The van der Waals surface area contributed by atoms with Crippen molar-refractivity contribution < 1.29 is 22.7 Å². The van der Waals surface area contributed by atoms with E-state index in [0.29, 0.717) is 29.0 Å². The SMILES string of the molecule is CCC(NC(=O)c1ccc(C)c(NS(C)(=O)=O)c1)c1ccccc1OCC(=O)N1CCCC1. The second-order valence-electron chi connectivity index (χ2n) is 8.25. The first-order valence-electron chi connectivity index (χ1n) is 11.1. The fraction of sp³-hybridized carbons (Fsp3) is 0.417. The van der Waals surface area contributed by atoms with Gasteiger partial charge in [0, 0.05) is 24.2 Å². The van der Waals surface area contributed by atoms with Gasteiger partial charge in [0.1, 0.15) is 5.75 Å². The molecule has 2 aromatic rings. The van der Waals surface area contributed by atoms with E-state index in [-0.39, 0.29) is 24.5 Å². The van der Waals surface area contributed by atoms with Gasteiger partial charge in [0.25, 0.3) is 11.8 Å². The molecule has 9 heteroatoms. The van der Waals surface area contributed by atoms with Crippen LogP contribution in [0.4, 0.5) is 5.69 Å². The molecule has 0 aromatic heterocycles. The lowest BCUT2D eigenvalue weighted by Crippen LogP contribution is -2.32. The number of likely N-dealkylation sites (tertiary alicyclic amines) is 1. The van der Waals surface area contributed by atoms with Crippen LogP contribution < -0.4 is 14.8 Å². The summed E-state index contributed by atoms with van der Waals surface area (Å²) in [7, 11) is -3.47. The van der Waals surface area contributed by atoms with Crippen LogP contribution in [0.1, 0.15) is 53.7 Å². The van der Waals surface area contributed by atoms with E-state index in [4.69, 9.17) is 4.74 Å². The Labute approximate surface area is 195 Å². The van der Waals surface area contributed by atoms with Crippen molar-refractivity contribution in [3.05, 3.63) is 59.2 Å². The van der Waals surface area contributed by atoms with E-state index in [1.54, 1.807) is 30.0 Å². The number of anilines is 1. The van der Waals surface area contributed by atoms with Crippen LogP contribution in [0.3, 0.4) is 0 Å². The minimum Gasteiger partial charge on any atom is -0.483 e. The molecule has 0 bridgehead atoms. The van der Waals surface area contributed by atoms with Gasteiger partial charge in [0.2, 0.25) is 10.0 Å². The summed E-state index contributed by atoms with van der Waals surface area (Å²) in [5, 5.41) is 3.00. The minimum absolute atomic E-state index is 0.0371. The van der Waals surface area contributed by atoms with Crippen molar-refractivity contribution in [1.29, 1.82) is 0 Å². The van der Waals surface area contributed by atoms with E-state index < -0.39 is 10.0 Å². The molecule has 0 spiro atoms. The van der Waals surface area contributed by atoms with Crippen molar-refractivity contribution in [1.82, 2.24) is 10.2 Å². The Hall–Kier alpha value is -3.07. The maximum absolute atomic E-state index is 13.0. The van der Waals surface area contributed by atoms with Crippen molar-refractivity contribution in [3.63, 3.8) is 0 Å². The number of para-hydroxylation sites is 1. The zero-order chi connectivity index (χ0) is 24.0. The van der Waals surface area contributed by atoms with Gasteiger partial charge in [-0.3, -0.25) is 14.3 Å². The van der Waals surface area contributed by atoms with Crippen molar-refractivity contribution in [2.24, 2.45) is 0 Å². The number of benzene rings is 2. The first-order chi connectivity index (χ1) is 15.7. The quantitative estimate of drug-likeness (QED) is 0.582. The first kappa shape index (κ1) is 24.6. The number of aryl methyl sites for hydroxylation is 1. The third kappa shape index (κ3) is 6.71. The molecule has 0 saturated carbocycles. The molecule has 1 heterocycles. The number of nitrogens with zero attached hydrogens (tertiary/aromatic N) is 1. The topological polar surface area (TPSA) is 105 Å². The molecule has 1 aliphatic heterocycles. The predicted octanol–water partition coefficient (Wildman–Crippen LogP) is 3.25. The number of hydrogen-bond acceptors (Lipinski definition) is 5. The van der Waals surface area contributed by atoms with Gasteiger partial charge in [-0.15, -0.1) is 0 Å². The molecule has 0 aliphatic carbocycles. The number of carbonyl (C=O) groups excluding carboxylic acids is 2. The van der Waals surface area contributed by atoms with Crippen LogP contribution in [0.25, 0.3) is 0 Å². The van der Waals surface area contributed by atoms with Crippen LogP contribution in [0.2, 0.25) is 0 Å². The molecule has 2 N–H and O–H groups in total. The molecule has 178 valence electrons. The lowest BCUT2D eigenvalue weighted by Gasteiger charge is -2.22. The number of hydrogen-bond donors (Lipinski definition) is 2. The van der Waals surface area contributed by atoms with E-state index >= 15 is 0 Å². The molecule has 1 atom stereocenters. The van der Waals surface area contributed by atoms with E-state index in [2.05, 4.69) is 10.0 Å². The predicted molar refractivity (Wildman–Crippen MR) is 128 cm³/mol. The van der Waals surface area contributed by atoms with Gasteiger partial charge in [-0.1, -0.05) is 31.2 Å². The molecule has 2 amide bonds. The summed E-state index contributed by atoms with van der Waals surface area (Å²) in [6.07, 6.45) is 3.71. The van der Waals surface area contributed by atoms with Crippen LogP contribution in [-0.4, -0.2) is 51.1 Å². The minimum atomic E-state index is -3.47. The molecule has 3 rings (SSSR count). The molecule has 0 radical (unpaired) electrons. The van der Waals surface area contributed by atoms with Crippen LogP contribution in [0.15, 0.2) is 42.5 Å². The van der Waals surface area contributed by atoms with Crippen molar-refractivity contribution in [2.45, 2.75) is 39.2 Å². The lowest BCUT2D eigenvalue weighted by atomic mass is 10.0. The van der Waals surface area contributed by atoms with Crippen LogP contribution in [-0.2, 0) is 14.8 Å². The van der Waals surface area contributed by atoms with Gasteiger partial charge >= 0.3 is 0 Å². The zero-order valence-corrected chi connectivity index (χ0v) is 20.1. The standard InChI is InChI=1S/C24H31N3O5S/c1-4-20(25-24(29)18-12-11-17(2)21(15-18)26-33(3,30)31)19-9-5-6-10-22(19)32-16-23(28)27-13-7-8-14-27/h5-6,9-12,15,20,26H,4,7-8,13-14,16H2,1-3H3,(H,25,29). The fourth-order valence-electron chi connectivity index (χ4n) is 3.81. The second kappa shape index (κ2) is 10.7. The number of rotatable bonds is 9. The first-order valence-corrected chi connectivity index (χ1v) is 13.0. The summed E-state index contributed by atoms with van der Waals surface area (Å²) in [4.78, 5) is 27.2. The molecular weight excluding hydrogens is 442 g/mol. The van der Waals surface area contributed by atoms with E-state index in [1.165, 1.54) is 6.07 Å². The molecule has 1 fully saturated rings. The summed E-state index contributed by atoms with van der Waals surface area (Å²) in [5.41, 5.74) is 2.20. The van der Waals surface area contributed by atoms with Gasteiger partial charge < -0.3 is 15.0 Å². The van der Waals surface area contributed by atoms with E-state index in [1.807, 2.05) is 25.1 Å². The summed E-state index contributed by atoms with van der Waals surface area (Å²) in [6.45, 7) is 5.21. The monoisotopic (exact) mass is 473 g/mol. The highest BCUT2D eigenvalue weighted by atomic mass is 32.2. The molecular formula is C24H31N3O5S. The van der Waals surface area contributed by atoms with Crippen LogP contribution in [0.5, 0.6) is 5.75 Å². The third-order valence-corrected chi connectivity index (χ3v) is 6.20. The average molecular weight is 474 g/mol. The number of sulfonamides is 1. The van der Waals surface area contributed by atoms with Gasteiger partial charge in [-0.05, 0) is 49.9 Å². The van der Waals surface area contributed by atoms with Crippen molar-refractivity contribution in [3.8, 4) is 5.75 Å². The number of nitrogens with one attached hydrogen (secondary N) is 2. The van der Waals surface area contributed by atoms with Gasteiger partial charge in [-0.25, -0.2) is 8.42 Å². The van der Waals surface area contributed by atoms with Crippen molar-refractivity contribution in [2.75, 3.05) is 30.7 Å². The summed E-state index contributed by atoms with van der Waals surface area (Å²) in [6, 6.07) is 11.9. The van der Waals surface area contributed by atoms with Gasteiger partial charge in [0.05, 0.1) is 18.0 Å². The Kier molecular flexibility index (Phi) is 7.97. The van der Waals surface area contributed by atoms with E-state index in [9.17, 15) is 18.0 Å². The lowest BCUT2D eigenvalue weighted by molar-refractivity contribution is -0.132. The fourth-order valence-corrected chi connectivity index (χ4v) is 4.43. The highest BCUT2D eigenvalue weighted by Crippen LogP contribution is 2.28. The molecule has 1 aliphatic rings. The molecule has 2 aromatic carbocycles. The summed E-state index contributed by atoms with van der Waals surface area (Å²) < 4.78 is 31.5. The largest absolute Gasteiger partial charge is 0.483 e. The van der Waals surface area contributed by atoms with Gasteiger partial charge in [-0.2, -0.15) is 0 Å². The van der Waals surface area contributed by atoms with Crippen LogP contribution in [0, 0.1) is 6.92 Å². The van der Waals surface area contributed by atoms with Gasteiger partial charge in [0.15, 0.2) is 6.61 Å². The van der Waals surface area contributed by atoms with Crippen molar-refractivity contribution >= 4 is 27.5 Å². The highest BCUT2D eigenvalue weighted by molar-refractivity contribution is 7.92. The smallest absolute Gasteiger partial charge is 0.260 e. The zero-order valence-electron chi connectivity index (χ0n) is 19.3. The molecule has 1 unspecified atom stereocenters. The Balaban J connectivity index is 1.74. The molecule has 33 heavy (non-hydrogen) atoms. The van der Waals surface area contributed by atoms with E-state index in [0.717, 1.165) is 37.8 Å². The Bertz CT molecular complexity index is 1110. The summed E-state index contributed by atoms with van der Waals surface area (Å²) in [5.74, 6) is 0.187. The number of ether oxygens (including phenoxy) is 1. The maximum atomic E-state index is 13.0. The third-order valence-electron chi connectivity index (χ3n) is 5.61. The maximum Gasteiger partial charge on any atom is 0.260 e. The second-order valence-corrected chi connectivity index (χ2v) is 10.0. The summed E-state index contributed by atoms with van der Waals surface area (Å²) >= 11 is 0.